The van der Waals surface area contributed by atoms with Gasteiger partial charge in [0, 0.05) is 5.54 Å². The molecule has 2 aromatic carbocycles. The van der Waals surface area contributed by atoms with E-state index in [1.165, 1.54) is 16.7 Å². The normalized spacial score (nSPS) is 13.2. The Balaban J connectivity index is 1.89. The summed E-state index contributed by atoms with van der Waals surface area (Å²) in [5.74, 6) is 0. The fraction of sp³-hybridized carbons (Fsp3) is 0.409. The summed E-state index contributed by atoms with van der Waals surface area (Å²) in [6.45, 7) is 2.65. The van der Waals surface area contributed by atoms with E-state index in [4.69, 9.17) is 10.8 Å². The number of rotatable bonds is 10. The average Bonchev–Trinajstić information content (AvgIpc) is 2.63. The Hall–Kier alpha value is -2.33. The second-order valence-electron chi connectivity index (χ2n) is 7.15. The van der Waals surface area contributed by atoms with E-state index < -0.39 is 6.09 Å². The molecule has 0 aliphatic heterocycles. The number of hydrogen-bond acceptors (Lipinski definition) is 2. The maximum absolute atomic E-state index is 11.1. The fourth-order valence-corrected chi connectivity index (χ4v) is 3.34. The zero-order valence-corrected chi connectivity index (χ0v) is 15.6. The molecule has 140 valence electrons. The Morgan fingerprint density at radius 3 is 2.19 bits per heavy atom. The van der Waals surface area contributed by atoms with E-state index in [1.807, 2.05) is 25.1 Å². The van der Waals surface area contributed by atoms with Crippen LogP contribution < -0.4 is 11.1 Å². The zero-order chi connectivity index (χ0) is 18.8. The summed E-state index contributed by atoms with van der Waals surface area (Å²) in [6.07, 6.45) is 4.46. The summed E-state index contributed by atoms with van der Waals surface area (Å²) in [5, 5.41) is 11.8. The van der Waals surface area contributed by atoms with E-state index >= 15 is 0 Å². The molecule has 1 amide bonds. The molecule has 26 heavy (non-hydrogen) atoms. The second-order valence-corrected chi connectivity index (χ2v) is 7.15. The molecule has 1 unspecified atom stereocenters. The minimum atomic E-state index is -0.951. The van der Waals surface area contributed by atoms with Crippen LogP contribution in [-0.2, 0) is 6.42 Å². The van der Waals surface area contributed by atoms with E-state index in [1.54, 1.807) is 0 Å². The average molecular weight is 354 g/mol. The molecule has 0 aromatic heterocycles. The van der Waals surface area contributed by atoms with Crippen molar-refractivity contribution in [2.24, 2.45) is 5.73 Å². The molecule has 2 aromatic rings. The number of carboxylic acid groups (broad SMARTS) is 1. The number of unbranched alkanes of at least 4 members (excludes halogenated alkanes) is 1. The molecule has 0 saturated carbocycles. The van der Waals surface area contributed by atoms with Crippen LogP contribution in [0.5, 0.6) is 0 Å². The minimum Gasteiger partial charge on any atom is -0.465 e. The van der Waals surface area contributed by atoms with Crippen LogP contribution in [0.15, 0.2) is 54.6 Å². The van der Waals surface area contributed by atoms with Gasteiger partial charge in [-0.1, -0.05) is 54.6 Å². The summed E-state index contributed by atoms with van der Waals surface area (Å²) in [7, 11) is 0. The first-order chi connectivity index (χ1) is 12.5. The predicted molar refractivity (Wildman–Crippen MR) is 107 cm³/mol. The van der Waals surface area contributed by atoms with Crippen molar-refractivity contribution in [2.45, 2.75) is 51.0 Å². The molecular formula is C22H30N2O2. The summed E-state index contributed by atoms with van der Waals surface area (Å²) < 4.78 is 0. The van der Waals surface area contributed by atoms with Gasteiger partial charge in [0.15, 0.2) is 0 Å². The van der Waals surface area contributed by atoms with Gasteiger partial charge in [0.05, 0.1) is 0 Å². The van der Waals surface area contributed by atoms with Crippen molar-refractivity contribution in [3.05, 3.63) is 60.2 Å². The lowest BCUT2D eigenvalue weighted by Crippen LogP contribution is -2.45. The SMILES string of the molecule is CC(CCCCN)(CCCc1ccc(-c2ccccc2)cc1)NC(=O)O. The third kappa shape index (κ3) is 6.52. The van der Waals surface area contributed by atoms with Crippen molar-refractivity contribution in [3.63, 3.8) is 0 Å². The zero-order valence-electron chi connectivity index (χ0n) is 15.6. The maximum Gasteiger partial charge on any atom is 0.405 e. The van der Waals surface area contributed by atoms with Gasteiger partial charge in [0.1, 0.15) is 0 Å². The van der Waals surface area contributed by atoms with Crippen LogP contribution in [-0.4, -0.2) is 23.3 Å². The lowest BCUT2D eigenvalue weighted by Gasteiger charge is -2.29. The van der Waals surface area contributed by atoms with Crippen molar-refractivity contribution in [1.29, 1.82) is 0 Å². The van der Waals surface area contributed by atoms with E-state index in [2.05, 4.69) is 41.7 Å². The third-order valence-electron chi connectivity index (χ3n) is 4.85. The Kier molecular flexibility index (Phi) is 7.67. The van der Waals surface area contributed by atoms with Crippen LogP contribution in [0.3, 0.4) is 0 Å². The molecule has 0 aliphatic rings. The van der Waals surface area contributed by atoms with Crippen LogP contribution in [0.1, 0.15) is 44.6 Å². The van der Waals surface area contributed by atoms with Crippen molar-refractivity contribution in [1.82, 2.24) is 5.32 Å². The first-order valence-corrected chi connectivity index (χ1v) is 9.38. The lowest BCUT2D eigenvalue weighted by molar-refractivity contribution is 0.174. The highest BCUT2D eigenvalue weighted by molar-refractivity contribution is 5.65. The number of nitrogens with two attached hydrogens (primary N) is 1. The first kappa shape index (κ1) is 20.0. The topological polar surface area (TPSA) is 75.3 Å². The molecule has 1 atom stereocenters. The highest BCUT2D eigenvalue weighted by Gasteiger charge is 2.25. The third-order valence-corrected chi connectivity index (χ3v) is 4.85. The Bertz CT molecular complexity index is 670. The van der Waals surface area contributed by atoms with Gasteiger partial charge in [0.25, 0.3) is 0 Å². The number of nitrogens with one attached hydrogen (secondary N) is 1. The van der Waals surface area contributed by atoms with Crippen LogP contribution >= 0.6 is 0 Å². The largest absolute Gasteiger partial charge is 0.465 e. The molecule has 2 rings (SSSR count). The molecule has 4 N–H and O–H groups in total. The maximum atomic E-state index is 11.1. The van der Waals surface area contributed by atoms with Gasteiger partial charge in [-0.3, -0.25) is 0 Å². The summed E-state index contributed by atoms with van der Waals surface area (Å²) in [6, 6.07) is 19.0. The monoisotopic (exact) mass is 354 g/mol. The lowest BCUT2D eigenvalue weighted by atomic mass is 9.88. The minimum absolute atomic E-state index is 0.384. The molecule has 0 aliphatic carbocycles. The molecular weight excluding hydrogens is 324 g/mol. The molecule has 0 fully saturated rings. The Morgan fingerprint density at radius 1 is 0.962 bits per heavy atom. The van der Waals surface area contributed by atoms with Gasteiger partial charge in [-0.15, -0.1) is 0 Å². The van der Waals surface area contributed by atoms with Gasteiger partial charge in [-0.2, -0.15) is 0 Å². The summed E-state index contributed by atoms with van der Waals surface area (Å²) >= 11 is 0. The second kappa shape index (κ2) is 9.97. The molecule has 0 radical (unpaired) electrons. The number of carbonyl (C=O) groups is 1. The van der Waals surface area contributed by atoms with Crippen LogP contribution in [0.4, 0.5) is 4.79 Å². The molecule has 4 heteroatoms. The van der Waals surface area contributed by atoms with Gasteiger partial charge < -0.3 is 16.2 Å². The summed E-state index contributed by atoms with van der Waals surface area (Å²) in [5.41, 5.74) is 8.89. The molecule has 0 bridgehead atoms. The van der Waals surface area contributed by atoms with Crippen molar-refractivity contribution in [2.75, 3.05) is 6.54 Å². The van der Waals surface area contributed by atoms with Gasteiger partial charge in [0.2, 0.25) is 0 Å². The van der Waals surface area contributed by atoms with Crippen LogP contribution in [0, 0.1) is 0 Å². The van der Waals surface area contributed by atoms with Gasteiger partial charge in [-0.05, 0) is 68.7 Å². The highest BCUT2D eigenvalue weighted by Crippen LogP contribution is 2.23. The number of amides is 1. The Labute approximate surface area is 156 Å². The van der Waals surface area contributed by atoms with Crippen molar-refractivity contribution < 1.29 is 9.90 Å². The highest BCUT2D eigenvalue weighted by atomic mass is 16.4. The van der Waals surface area contributed by atoms with Crippen LogP contribution in [0.2, 0.25) is 0 Å². The number of aryl methyl sites for hydroxylation is 1. The van der Waals surface area contributed by atoms with Crippen LogP contribution in [0.25, 0.3) is 11.1 Å². The Morgan fingerprint density at radius 2 is 1.58 bits per heavy atom. The van der Waals surface area contributed by atoms with Gasteiger partial charge >= 0.3 is 6.09 Å². The van der Waals surface area contributed by atoms with E-state index in [0.717, 1.165) is 38.5 Å². The summed E-state index contributed by atoms with van der Waals surface area (Å²) in [4.78, 5) is 11.1. The number of benzene rings is 2. The van der Waals surface area contributed by atoms with E-state index in [-0.39, 0.29) is 5.54 Å². The fourth-order valence-electron chi connectivity index (χ4n) is 3.34. The van der Waals surface area contributed by atoms with Gasteiger partial charge in [-0.25, -0.2) is 4.79 Å². The van der Waals surface area contributed by atoms with E-state index in [0.29, 0.717) is 6.54 Å². The smallest absolute Gasteiger partial charge is 0.405 e. The standard InChI is InChI=1S/C22H30N2O2/c1-22(24-21(25)26,15-5-6-17-23)16-7-8-18-11-13-20(14-12-18)19-9-3-2-4-10-19/h2-4,9-14,24H,5-8,15-17,23H2,1H3,(H,25,26). The molecule has 0 spiro atoms. The molecule has 4 nitrogen and oxygen atoms in total. The molecule has 0 heterocycles. The molecule has 0 saturated heterocycles. The van der Waals surface area contributed by atoms with Crippen molar-refractivity contribution >= 4 is 6.09 Å². The van der Waals surface area contributed by atoms with E-state index in [9.17, 15) is 4.79 Å². The first-order valence-electron chi connectivity index (χ1n) is 9.38. The number of hydrogen-bond donors (Lipinski definition) is 3. The predicted octanol–water partition coefficient (Wildman–Crippen LogP) is 4.83. The quantitative estimate of drug-likeness (QED) is 0.535. The van der Waals surface area contributed by atoms with Crippen molar-refractivity contribution in [3.8, 4) is 11.1 Å².